The Balaban J connectivity index is -0.0000000389. The van der Waals surface area contributed by atoms with E-state index in [1.165, 1.54) is 0 Å². The van der Waals surface area contributed by atoms with Crippen molar-refractivity contribution in [3.8, 4) is 12.5 Å². The quantitative estimate of drug-likeness (QED) is 0.139. The third kappa shape index (κ3) is 43.9. The Bertz CT molecular complexity index is 486. The van der Waals surface area contributed by atoms with Crippen LogP contribution in [-0.2, 0) is 51.7 Å². The molecular formula is C14H30F4N4O4P4Pt2+2. The minimum Gasteiger partial charge on any atom is -0.724 e. The maximum atomic E-state index is 12.8. The Morgan fingerprint density at radius 2 is 0.688 bits per heavy atom. The van der Waals surface area contributed by atoms with Crippen LogP contribution in [0.15, 0.2) is 0 Å². The van der Waals surface area contributed by atoms with Gasteiger partial charge in [0.1, 0.15) is 31.7 Å². The zero-order valence-corrected chi connectivity index (χ0v) is 27.2. The molecule has 0 spiro atoms. The summed E-state index contributed by atoms with van der Waals surface area (Å²) in [7, 11) is -5.59. The molecule has 8 nitrogen and oxygen atoms in total. The Kier molecular flexibility index (Phi) is 59.7. The molecule has 0 aliphatic rings. The maximum Gasteiger partial charge on any atom is 0.448 e. The number of aliphatic hydroxyl groups is 2. The summed E-state index contributed by atoms with van der Waals surface area (Å²) in [5.74, 6) is 0. The van der Waals surface area contributed by atoms with Gasteiger partial charge in [0.15, 0.2) is 0 Å². The number of carbonyl (C=O) groups excluding carboxylic acids is 2. The van der Waals surface area contributed by atoms with Crippen molar-refractivity contribution in [3.05, 3.63) is 10.8 Å². The second-order valence-electron chi connectivity index (χ2n) is 5.53. The average Bonchev–Trinajstić information content (AvgIpc) is 2.57. The van der Waals surface area contributed by atoms with Crippen LogP contribution < -0.4 is 0 Å². The van der Waals surface area contributed by atoms with E-state index in [0.29, 0.717) is 12.2 Å². The normalized spacial score (nSPS) is 8.44. The fourth-order valence-electron chi connectivity index (χ4n) is 1.00. The molecule has 196 valence electrons. The first-order valence-corrected chi connectivity index (χ1v) is 17.5. The van der Waals surface area contributed by atoms with Crippen LogP contribution in [0.2, 0.25) is 0 Å². The van der Waals surface area contributed by atoms with Crippen molar-refractivity contribution in [1.82, 2.24) is 0 Å². The second kappa shape index (κ2) is 35.7. The number of alkyl halides is 4. The van der Waals surface area contributed by atoms with Crippen molar-refractivity contribution in [2.45, 2.75) is 10.8 Å². The van der Waals surface area contributed by atoms with Gasteiger partial charge in [-0.25, -0.2) is 0 Å². The smallest absolute Gasteiger partial charge is 0.448 e. The molecule has 0 aromatic rings. The number of isocyanates is 2. The summed E-state index contributed by atoms with van der Waals surface area (Å²) in [5, 5.41) is 36.4. The summed E-state index contributed by atoms with van der Waals surface area (Å²) in [6.07, 6.45) is 2.50. The average molecular weight is 908 g/mol. The van der Waals surface area contributed by atoms with Gasteiger partial charge in [-0.3, -0.25) is 9.59 Å². The number of rotatable bonds is 4. The standard InChI is InChI=1S/2C5H12F2P2.2CHNO.2CNO.2Pt/c2*1-8(2)5(6,7)9(3)4;4*2-1-3;;/h2*1-4H3;2*3H;;;;/q;;;;2*-1;;/p+4. The molecule has 0 saturated carbocycles. The largest absolute Gasteiger partial charge is 0.724 e. The number of nitriles is 2. The summed E-state index contributed by atoms with van der Waals surface area (Å²) in [6, 6.07) is 0. The van der Waals surface area contributed by atoms with Crippen molar-refractivity contribution >= 4 is 43.8 Å². The number of nitrogens with zero attached hydrogens (tertiary/aromatic N) is 4. The minimum atomic E-state index is -2.30. The molecule has 0 saturated heterocycles. The van der Waals surface area contributed by atoms with Gasteiger partial charge in [-0.2, -0.15) is 10.5 Å². The molecule has 2 N–H and O–H groups in total. The van der Waals surface area contributed by atoms with Crippen LogP contribution >= 0.6 is 31.7 Å². The molecule has 0 heterocycles. The number of hydrogen-bond acceptors (Lipinski definition) is 6. The van der Waals surface area contributed by atoms with Crippen LogP contribution in [0.5, 0.6) is 0 Å². The number of halogens is 4. The van der Waals surface area contributed by atoms with Gasteiger partial charge in [0, 0.05) is 42.1 Å². The van der Waals surface area contributed by atoms with E-state index in [-0.39, 0.29) is 42.1 Å². The molecule has 0 amide bonds. The topological polar surface area (TPSA) is 167 Å². The Morgan fingerprint density at radius 1 is 0.625 bits per heavy atom. The monoisotopic (exact) mass is 908 g/mol. The van der Waals surface area contributed by atoms with Crippen molar-refractivity contribution in [2.75, 3.05) is 53.3 Å². The van der Waals surface area contributed by atoms with Crippen LogP contribution in [0.1, 0.15) is 0 Å². The molecule has 0 aromatic heterocycles. The van der Waals surface area contributed by atoms with E-state index in [0.717, 1.165) is 12.5 Å². The number of hydrogen-bond donors (Lipinski definition) is 2. The first kappa shape index (κ1) is 53.5. The molecule has 0 unspecified atom stereocenters. The Morgan fingerprint density at radius 3 is 0.688 bits per heavy atom. The van der Waals surface area contributed by atoms with E-state index in [9.17, 15) is 17.6 Å². The predicted octanol–water partition coefficient (Wildman–Crippen LogP) is 4.43. The zero-order valence-electron chi connectivity index (χ0n) is 18.6. The molecule has 0 fully saturated rings. The second-order valence-corrected chi connectivity index (χ2v) is 17.0. The van der Waals surface area contributed by atoms with Gasteiger partial charge in [0.25, 0.3) is 12.5 Å². The Labute approximate surface area is 220 Å². The van der Waals surface area contributed by atoms with Gasteiger partial charge in [-0.15, -0.1) is 17.6 Å². The van der Waals surface area contributed by atoms with Gasteiger partial charge < -0.3 is 21.0 Å². The molecule has 0 rings (SSSR count). The summed E-state index contributed by atoms with van der Waals surface area (Å²) >= 11 is 0. The fraction of sp³-hybridized carbons (Fsp3) is 0.714. The first-order chi connectivity index (χ1) is 13.4. The molecule has 0 bridgehead atoms. The summed E-state index contributed by atoms with van der Waals surface area (Å²) in [4.78, 5) is 16.5. The summed E-state index contributed by atoms with van der Waals surface area (Å²) in [6.45, 7) is 13.4. The van der Waals surface area contributed by atoms with Gasteiger partial charge in [-0.05, 0) is 12.2 Å². The molecule has 0 aliphatic heterocycles. The van der Waals surface area contributed by atoms with Gasteiger partial charge in [-0.1, -0.05) is 0 Å². The molecule has 32 heavy (non-hydrogen) atoms. The molecule has 0 radical (unpaired) electrons. The molecule has 18 heteroatoms. The zero-order chi connectivity index (χ0) is 26.1. The molecule has 0 aliphatic carbocycles. The van der Waals surface area contributed by atoms with Crippen molar-refractivity contribution in [1.29, 1.82) is 10.5 Å². The van der Waals surface area contributed by atoms with Gasteiger partial charge in [0.2, 0.25) is 0 Å². The van der Waals surface area contributed by atoms with Crippen LogP contribution in [0.4, 0.5) is 17.6 Å². The third-order valence-corrected chi connectivity index (χ3v) is 13.5. The van der Waals surface area contributed by atoms with E-state index < -0.39 is 42.5 Å². The minimum absolute atomic E-state index is 0. The molecule has 0 atom stereocenters. The van der Waals surface area contributed by atoms with E-state index >= 15 is 0 Å². The van der Waals surface area contributed by atoms with Crippen molar-refractivity contribution in [2.24, 2.45) is 0 Å². The van der Waals surface area contributed by atoms with Crippen LogP contribution in [0.3, 0.4) is 0 Å². The van der Waals surface area contributed by atoms with E-state index in [4.69, 9.17) is 41.1 Å². The number of aliphatic hydroxyl groups excluding tert-OH is 2. The van der Waals surface area contributed by atoms with Gasteiger partial charge in [0.05, 0.1) is 53.3 Å². The van der Waals surface area contributed by atoms with Crippen molar-refractivity contribution in [3.63, 3.8) is 0 Å². The summed E-state index contributed by atoms with van der Waals surface area (Å²) < 4.78 is 51.0. The van der Waals surface area contributed by atoms with E-state index in [1.807, 2.05) is 0 Å². The molecule has 0 aromatic carbocycles. The predicted molar refractivity (Wildman–Crippen MR) is 124 cm³/mol. The van der Waals surface area contributed by atoms with Gasteiger partial charge >= 0.3 is 10.8 Å². The Hall–Kier alpha value is 0.157. The molecular weight excluding hydrogens is 878 g/mol. The SMILES string of the molecule is C[PH+](C)C(F)(F)[PH+](C)C.C[PH+](C)C(F)(F)[PH+](C)C.N#CO.N#CO.[N-]=C=O.[N-]=C=O.[Pt].[Pt]. The third-order valence-electron chi connectivity index (χ3n) is 2.51. The van der Waals surface area contributed by atoms with E-state index in [2.05, 4.69) is 0 Å². The first-order valence-electron chi connectivity index (χ1n) is 7.51. The van der Waals surface area contributed by atoms with Crippen LogP contribution in [-0.4, -0.2) is 86.5 Å². The maximum absolute atomic E-state index is 12.8. The van der Waals surface area contributed by atoms with Crippen molar-refractivity contribution < 1.29 is 79.5 Å². The van der Waals surface area contributed by atoms with E-state index in [1.54, 1.807) is 53.3 Å². The van der Waals surface area contributed by atoms with Crippen LogP contribution in [0.25, 0.3) is 10.8 Å². The fourth-order valence-corrected chi connectivity index (χ4v) is 9.00. The van der Waals surface area contributed by atoms with Crippen LogP contribution in [0, 0.1) is 23.0 Å². The summed E-state index contributed by atoms with van der Waals surface area (Å²) in [5.41, 5.74) is 0.